The molecule has 0 fully saturated rings. The van der Waals surface area contributed by atoms with Crippen molar-refractivity contribution in [3.8, 4) is 5.75 Å². The third kappa shape index (κ3) is 3.29. The van der Waals surface area contributed by atoms with Crippen molar-refractivity contribution >= 4 is 0 Å². The molecule has 1 aromatic carbocycles. The maximum absolute atomic E-state index is 13.0. The van der Waals surface area contributed by atoms with Crippen LogP contribution in [0.15, 0.2) is 30.6 Å². The van der Waals surface area contributed by atoms with Crippen molar-refractivity contribution < 1.29 is 9.13 Å². The molecule has 0 saturated carbocycles. The van der Waals surface area contributed by atoms with Crippen LogP contribution in [0.25, 0.3) is 0 Å². The van der Waals surface area contributed by atoms with Gasteiger partial charge in [-0.3, -0.25) is 4.98 Å². The van der Waals surface area contributed by atoms with Crippen LogP contribution in [0.5, 0.6) is 5.75 Å². The Bertz CT molecular complexity index is 561. The monoisotopic (exact) mass is 260 g/mol. The van der Waals surface area contributed by atoms with E-state index in [1.165, 1.54) is 12.3 Å². The first kappa shape index (κ1) is 13.5. The third-order valence-corrected chi connectivity index (χ3v) is 2.90. The van der Waals surface area contributed by atoms with E-state index < -0.39 is 0 Å². The normalized spacial score (nSPS) is 10.5. The van der Waals surface area contributed by atoms with E-state index in [1.807, 2.05) is 26.0 Å². The van der Waals surface area contributed by atoms with Gasteiger partial charge < -0.3 is 10.5 Å². The predicted octanol–water partition coefficient (Wildman–Crippen LogP) is 2.88. The van der Waals surface area contributed by atoms with Gasteiger partial charge in [-0.25, -0.2) is 4.39 Å². The first-order valence-corrected chi connectivity index (χ1v) is 6.12. The summed E-state index contributed by atoms with van der Waals surface area (Å²) >= 11 is 0. The smallest absolute Gasteiger partial charge is 0.141 e. The minimum Gasteiger partial charge on any atom is -0.488 e. The zero-order valence-electron chi connectivity index (χ0n) is 11.1. The fourth-order valence-electron chi connectivity index (χ4n) is 2.08. The van der Waals surface area contributed by atoms with Gasteiger partial charge in [-0.2, -0.15) is 0 Å². The molecule has 0 spiro atoms. The second-order valence-corrected chi connectivity index (χ2v) is 4.56. The lowest BCUT2D eigenvalue weighted by Gasteiger charge is -2.13. The van der Waals surface area contributed by atoms with Crippen molar-refractivity contribution in [2.45, 2.75) is 27.0 Å². The number of rotatable bonds is 4. The Morgan fingerprint density at radius 3 is 2.37 bits per heavy atom. The number of ether oxygens (including phenoxy) is 1. The summed E-state index contributed by atoms with van der Waals surface area (Å²) in [4.78, 5) is 3.80. The van der Waals surface area contributed by atoms with Gasteiger partial charge in [0.1, 0.15) is 18.2 Å². The van der Waals surface area contributed by atoms with E-state index in [1.54, 1.807) is 6.20 Å². The van der Waals surface area contributed by atoms with Crippen LogP contribution in [-0.2, 0) is 13.2 Å². The van der Waals surface area contributed by atoms with Crippen molar-refractivity contribution in [3.63, 3.8) is 0 Å². The zero-order chi connectivity index (χ0) is 13.8. The summed E-state index contributed by atoms with van der Waals surface area (Å²) < 4.78 is 18.8. The van der Waals surface area contributed by atoms with E-state index in [-0.39, 0.29) is 5.82 Å². The first-order chi connectivity index (χ1) is 9.10. The molecule has 0 bridgehead atoms. The van der Waals surface area contributed by atoms with Gasteiger partial charge in [0.05, 0.1) is 6.20 Å². The molecule has 0 unspecified atom stereocenters. The molecule has 2 aromatic rings. The van der Waals surface area contributed by atoms with Crippen LogP contribution in [0, 0.1) is 19.7 Å². The van der Waals surface area contributed by atoms with Crippen molar-refractivity contribution in [1.82, 2.24) is 4.98 Å². The fraction of sp³-hybridized carbons (Fsp3) is 0.267. The number of nitrogens with zero attached hydrogens (tertiary/aromatic N) is 1. The maximum Gasteiger partial charge on any atom is 0.141 e. The summed E-state index contributed by atoms with van der Waals surface area (Å²) in [6, 6.07) is 5.43. The van der Waals surface area contributed by atoms with Crippen molar-refractivity contribution in [3.05, 3.63) is 58.7 Å². The minimum absolute atomic E-state index is 0.300. The number of aromatic nitrogens is 1. The summed E-state index contributed by atoms with van der Waals surface area (Å²) in [6.07, 6.45) is 2.78. The summed E-state index contributed by atoms with van der Waals surface area (Å²) in [5.41, 5.74) is 9.48. The quantitative estimate of drug-likeness (QED) is 0.919. The average Bonchev–Trinajstić information content (AvgIpc) is 2.37. The molecule has 0 saturated heterocycles. The fourth-order valence-corrected chi connectivity index (χ4v) is 2.08. The number of hydrogen-bond acceptors (Lipinski definition) is 3. The first-order valence-electron chi connectivity index (χ1n) is 6.12. The Hall–Kier alpha value is -1.94. The average molecular weight is 260 g/mol. The van der Waals surface area contributed by atoms with Crippen LogP contribution in [0.3, 0.4) is 0 Å². The van der Waals surface area contributed by atoms with Gasteiger partial charge in [0.15, 0.2) is 0 Å². The number of hydrogen-bond donors (Lipinski definition) is 1. The number of benzene rings is 1. The molecule has 2 rings (SSSR count). The van der Waals surface area contributed by atoms with E-state index in [4.69, 9.17) is 10.5 Å². The third-order valence-electron chi connectivity index (χ3n) is 2.90. The second-order valence-electron chi connectivity index (χ2n) is 4.56. The zero-order valence-corrected chi connectivity index (χ0v) is 11.1. The predicted molar refractivity (Wildman–Crippen MR) is 72.3 cm³/mol. The van der Waals surface area contributed by atoms with Gasteiger partial charge in [0.25, 0.3) is 0 Å². The Morgan fingerprint density at radius 2 is 1.79 bits per heavy atom. The highest BCUT2D eigenvalue weighted by atomic mass is 19.1. The summed E-state index contributed by atoms with van der Waals surface area (Å²) in [6.45, 7) is 4.76. The van der Waals surface area contributed by atoms with Crippen LogP contribution in [0.2, 0.25) is 0 Å². The van der Waals surface area contributed by atoms with E-state index in [2.05, 4.69) is 4.98 Å². The van der Waals surface area contributed by atoms with Crippen LogP contribution in [0.1, 0.15) is 22.3 Å². The van der Waals surface area contributed by atoms with Crippen LogP contribution in [0.4, 0.5) is 4.39 Å². The van der Waals surface area contributed by atoms with Gasteiger partial charge >= 0.3 is 0 Å². The van der Waals surface area contributed by atoms with E-state index >= 15 is 0 Å². The summed E-state index contributed by atoms with van der Waals surface area (Å²) in [7, 11) is 0. The van der Waals surface area contributed by atoms with E-state index in [9.17, 15) is 4.39 Å². The molecule has 0 aliphatic heterocycles. The summed E-state index contributed by atoms with van der Waals surface area (Å²) in [5.74, 6) is 0.467. The SMILES string of the molecule is Cc1cc(CN)cc(C)c1OCc1cncc(F)c1. The topological polar surface area (TPSA) is 48.1 Å². The highest BCUT2D eigenvalue weighted by molar-refractivity contribution is 5.43. The molecule has 19 heavy (non-hydrogen) atoms. The molecule has 0 aliphatic rings. The lowest BCUT2D eigenvalue weighted by molar-refractivity contribution is 0.300. The molecule has 1 aromatic heterocycles. The molecule has 4 heteroatoms. The number of aryl methyl sites for hydroxylation is 2. The number of halogens is 1. The lowest BCUT2D eigenvalue weighted by atomic mass is 10.1. The van der Waals surface area contributed by atoms with E-state index in [0.717, 1.165) is 22.4 Å². The molecule has 3 nitrogen and oxygen atoms in total. The minimum atomic E-state index is -0.354. The van der Waals surface area contributed by atoms with Gasteiger partial charge in [-0.05, 0) is 36.6 Å². The highest BCUT2D eigenvalue weighted by Gasteiger charge is 2.07. The van der Waals surface area contributed by atoms with Crippen LogP contribution < -0.4 is 10.5 Å². The van der Waals surface area contributed by atoms with Crippen LogP contribution >= 0.6 is 0 Å². The molecule has 0 atom stereocenters. The standard InChI is InChI=1S/C15H17FN2O/c1-10-3-12(6-17)4-11(2)15(10)19-9-13-5-14(16)8-18-7-13/h3-5,7-8H,6,9,17H2,1-2H3. The Labute approximate surface area is 112 Å². The van der Waals surface area contributed by atoms with Gasteiger partial charge in [0.2, 0.25) is 0 Å². The van der Waals surface area contributed by atoms with Gasteiger partial charge in [-0.15, -0.1) is 0 Å². The van der Waals surface area contributed by atoms with Crippen molar-refractivity contribution in [2.24, 2.45) is 5.73 Å². The Kier molecular flexibility index (Phi) is 4.12. The van der Waals surface area contributed by atoms with Crippen molar-refractivity contribution in [2.75, 3.05) is 0 Å². The Morgan fingerprint density at radius 1 is 1.11 bits per heavy atom. The molecule has 0 radical (unpaired) electrons. The molecular formula is C15H17FN2O. The molecule has 0 amide bonds. The second kappa shape index (κ2) is 5.80. The number of pyridine rings is 1. The lowest BCUT2D eigenvalue weighted by Crippen LogP contribution is -2.03. The molecular weight excluding hydrogens is 243 g/mol. The molecule has 1 heterocycles. The number of nitrogens with two attached hydrogens (primary N) is 1. The van der Waals surface area contributed by atoms with Gasteiger partial charge in [-0.1, -0.05) is 12.1 Å². The van der Waals surface area contributed by atoms with Crippen molar-refractivity contribution in [1.29, 1.82) is 0 Å². The maximum atomic E-state index is 13.0. The molecule has 2 N–H and O–H groups in total. The Balaban J connectivity index is 2.16. The largest absolute Gasteiger partial charge is 0.488 e. The van der Waals surface area contributed by atoms with Gasteiger partial charge in [0, 0.05) is 18.3 Å². The molecule has 0 aliphatic carbocycles. The highest BCUT2D eigenvalue weighted by Crippen LogP contribution is 2.25. The van der Waals surface area contributed by atoms with Crippen LogP contribution in [-0.4, -0.2) is 4.98 Å². The molecule has 100 valence electrons. The van der Waals surface area contributed by atoms with E-state index in [0.29, 0.717) is 18.7 Å². The summed E-state index contributed by atoms with van der Waals surface area (Å²) in [5, 5.41) is 0.